The summed E-state index contributed by atoms with van der Waals surface area (Å²) in [5.74, 6) is 1.24. The van der Waals surface area contributed by atoms with Crippen LogP contribution in [0.1, 0.15) is 11.3 Å². The lowest BCUT2D eigenvalue weighted by molar-refractivity contribution is 0.416. The van der Waals surface area contributed by atoms with Gasteiger partial charge in [0.25, 0.3) is 0 Å². The third-order valence-electron chi connectivity index (χ3n) is 2.29. The number of hydrogen-bond donors (Lipinski definition) is 1. The van der Waals surface area contributed by atoms with Gasteiger partial charge in [0.2, 0.25) is 0 Å². The fraction of sp³-hybridized carbons (Fsp3) is 0.250. The van der Waals surface area contributed by atoms with Gasteiger partial charge in [0.1, 0.15) is 5.75 Å². The summed E-state index contributed by atoms with van der Waals surface area (Å²) in [5, 5.41) is 6.01. The molecule has 1 aromatic carbocycles. The van der Waals surface area contributed by atoms with E-state index < -0.39 is 0 Å². The van der Waals surface area contributed by atoms with Gasteiger partial charge in [-0.25, -0.2) is 4.98 Å². The van der Waals surface area contributed by atoms with Crippen molar-refractivity contribution in [2.45, 2.75) is 12.8 Å². The van der Waals surface area contributed by atoms with E-state index in [0.29, 0.717) is 5.88 Å². The number of rotatable bonds is 4. The molecule has 2 rings (SSSR count). The molecule has 1 aromatic heterocycles. The van der Waals surface area contributed by atoms with Crippen LogP contribution in [0, 0.1) is 6.92 Å². The zero-order valence-electron chi connectivity index (χ0n) is 9.66. The monoisotopic (exact) mass is 268 g/mol. The summed E-state index contributed by atoms with van der Waals surface area (Å²) >= 11 is 7.25. The summed E-state index contributed by atoms with van der Waals surface area (Å²) in [6.07, 6.45) is 0. The number of anilines is 2. The highest BCUT2D eigenvalue weighted by Crippen LogP contribution is 2.30. The number of aryl methyl sites for hydroxylation is 1. The first kappa shape index (κ1) is 12.2. The van der Waals surface area contributed by atoms with E-state index in [0.717, 1.165) is 22.3 Å². The smallest absolute Gasteiger partial charge is 0.187 e. The molecule has 0 aliphatic rings. The van der Waals surface area contributed by atoms with Crippen molar-refractivity contribution >= 4 is 33.8 Å². The largest absolute Gasteiger partial charge is 0.495 e. The Kier molecular flexibility index (Phi) is 3.86. The predicted octanol–water partition coefficient (Wildman–Crippen LogP) is 3.94. The van der Waals surface area contributed by atoms with E-state index in [1.165, 1.54) is 16.9 Å². The maximum Gasteiger partial charge on any atom is 0.187 e. The zero-order chi connectivity index (χ0) is 12.3. The van der Waals surface area contributed by atoms with Crippen LogP contribution >= 0.6 is 22.9 Å². The topological polar surface area (TPSA) is 34.1 Å². The minimum Gasteiger partial charge on any atom is -0.495 e. The molecule has 17 heavy (non-hydrogen) atoms. The second-order valence-electron chi connectivity index (χ2n) is 3.61. The molecule has 1 N–H and O–H groups in total. The number of thiazole rings is 1. The number of methoxy groups -OCH3 is 1. The highest BCUT2D eigenvalue weighted by atomic mass is 35.5. The van der Waals surface area contributed by atoms with Crippen molar-refractivity contribution in [1.29, 1.82) is 0 Å². The lowest BCUT2D eigenvalue weighted by Gasteiger charge is -2.09. The molecule has 2 aromatic rings. The summed E-state index contributed by atoms with van der Waals surface area (Å²) < 4.78 is 5.29. The Hall–Kier alpha value is -1.26. The quantitative estimate of drug-likeness (QED) is 0.853. The molecular formula is C12H13ClN2OS. The first-order chi connectivity index (χ1) is 8.22. The Morgan fingerprint density at radius 1 is 1.47 bits per heavy atom. The Bertz CT molecular complexity index is 513. The molecule has 3 nitrogen and oxygen atoms in total. The van der Waals surface area contributed by atoms with Crippen molar-refractivity contribution in [2.24, 2.45) is 0 Å². The van der Waals surface area contributed by atoms with Crippen molar-refractivity contribution in [3.63, 3.8) is 0 Å². The Morgan fingerprint density at radius 2 is 2.29 bits per heavy atom. The number of halogens is 1. The molecule has 0 fully saturated rings. The minimum atomic E-state index is 0.434. The third kappa shape index (κ3) is 2.90. The molecule has 0 saturated carbocycles. The van der Waals surface area contributed by atoms with E-state index in [1.54, 1.807) is 7.11 Å². The Labute approximate surface area is 109 Å². The van der Waals surface area contributed by atoms with Crippen LogP contribution in [0.2, 0.25) is 0 Å². The van der Waals surface area contributed by atoms with Crippen LogP contribution in [-0.4, -0.2) is 12.1 Å². The van der Waals surface area contributed by atoms with Crippen LogP contribution in [0.15, 0.2) is 23.6 Å². The number of hydrogen-bond acceptors (Lipinski definition) is 4. The molecule has 0 spiro atoms. The van der Waals surface area contributed by atoms with Crippen molar-refractivity contribution < 1.29 is 4.74 Å². The average Bonchev–Trinajstić information content (AvgIpc) is 2.77. The van der Waals surface area contributed by atoms with Crippen molar-refractivity contribution in [1.82, 2.24) is 4.98 Å². The number of alkyl halides is 1. The van der Waals surface area contributed by atoms with E-state index in [4.69, 9.17) is 16.3 Å². The van der Waals surface area contributed by atoms with Crippen molar-refractivity contribution in [3.8, 4) is 5.75 Å². The molecule has 0 aliphatic heterocycles. The highest BCUT2D eigenvalue weighted by Gasteiger charge is 2.06. The van der Waals surface area contributed by atoms with Crippen LogP contribution < -0.4 is 10.1 Å². The van der Waals surface area contributed by atoms with Gasteiger partial charge in [-0.15, -0.1) is 22.9 Å². The molecule has 90 valence electrons. The van der Waals surface area contributed by atoms with Gasteiger partial charge >= 0.3 is 0 Å². The van der Waals surface area contributed by atoms with Crippen LogP contribution in [0.5, 0.6) is 5.75 Å². The van der Waals surface area contributed by atoms with Crippen LogP contribution in [0.25, 0.3) is 0 Å². The van der Waals surface area contributed by atoms with Crippen LogP contribution in [0.3, 0.4) is 0 Å². The third-order valence-corrected chi connectivity index (χ3v) is 3.37. The van der Waals surface area contributed by atoms with Gasteiger partial charge in [0.05, 0.1) is 24.4 Å². The average molecular weight is 269 g/mol. The van der Waals surface area contributed by atoms with Crippen molar-refractivity contribution in [2.75, 3.05) is 12.4 Å². The summed E-state index contributed by atoms with van der Waals surface area (Å²) in [5.41, 5.74) is 2.97. The van der Waals surface area contributed by atoms with Gasteiger partial charge in [-0.1, -0.05) is 6.07 Å². The minimum absolute atomic E-state index is 0.434. The molecule has 0 atom stereocenters. The molecule has 5 heteroatoms. The number of aromatic nitrogens is 1. The summed E-state index contributed by atoms with van der Waals surface area (Å²) in [7, 11) is 1.65. The summed E-state index contributed by atoms with van der Waals surface area (Å²) in [4.78, 5) is 4.35. The summed E-state index contributed by atoms with van der Waals surface area (Å²) in [6, 6.07) is 5.98. The lowest BCUT2D eigenvalue weighted by Crippen LogP contribution is -1.95. The number of nitrogens with one attached hydrogen (secondary N) is 1. The lowest BCUT2D eigenvalue weighted by atomic mass is 10.2. The van der Waals surface area contributed by atoms with E-state index in [2.05, 4.69) is 10.3 Å². The second-order valence-corrected chi connectivity index (χ2v) is 4.73. The predicted molar refractivity (Wildman–Crippen MR) is 72.7 cm³/mol. The SMILES string of the molecule is COc1ccc(C)cc1Nc1nc(CCl)cs1. The maximum absolute atomic E-state index is 5.72. The first-order valence-electron chi connectivity index (χ1n) is 5.15. The van der Waals surface area contributed by atoms with Gasteiger partial charge in [-0.3, -0.25) is 0 Å². The van der Waals surface area contributed by atoms with E-state index in [1.807, 2.05) is 30.5 Å². The number of ether oxygens (including phenoxy) is 1. The van der Waals surface area contributed by atoms with E-state index in [-0.39, 0.29) is 0 Å². The van der Waals surface area contributed by atoms with E-state index >= 15 is 0 Å². The normalized spacial score (nSPS) is 10.3. The van der Waals surface area contributed by atoms with Crippen molar-refractivity contribution in [3.05, 3.63) is 34.8 Å². The zero-order valence-corrected chi connectivity index (χ0v) is 11.2. The van der Waals surface area contributed by atoms with E-state index in [9.17, 15) is 0 Å². The molecule has 1 heterocycles. The van der Waals surface area contributed by atoms with Gasteiger partial charge in [0, 0.05) is 5.38 Å². The Morgan fingerprint density at radius 3 is 2.94 bits per heavy atom. The number of nitrogens with zero attached hydrogens (tertiary/aromatic N) is 1. The maximum atomic E-state index is 5.72. The Balaban J connectivity index is 2.25. The van der Waals surface area contributed by atoms with Gasteiger partial charge in [-0.05, 0) is 24.6 Å². The highest BCUT2D eigenvalue weighted by molar-refractivity contribution is 7.13. The van der Waals surface area contributed by atoms with Crippen LogP contribution in [0.4, 0.5) is 10.8 Å². The number of benzene rings is 1. The fourth-order valence-electron chi connectivity index (χ4n) is 1.46. The molecule has 0 saturated heterocycles. The molecule has 0 bridgehead atoms. The first-order valence-corrected chi connectivity index (χ1v) is 6.56. The van der Waals surface area contributed by atoms with Gasteiger partial charge in [0.15, 0.2) is 5.13 Å². The standard InChI is InChI=1S/C12H13ClN2OS/c1-8-3-4-11(16-2)10(5-8)15-12-14-9(6-13)7-17-12/h3-5,7H,6H2,1-2H3,(H,14,15). The fourth-order valence-corrected chi connectivity index (χ4v) is 2.41. The molecular weight excluding hydrogens is 256 g/mol. The van der Waals surface area contributed by atoms with Crippen LogP contribution in [-0.2, 0) is 5.88 Å². The summed E-state index contributed by atoms with van der Waals surface area (Å²) in [6.45, 7) is 2.04. The molecule has 0 aliphatic carbocycles. The molecule has 0 radical (unpaired) electrons. The molecule has 0 unspecified atom stereocenters. The molecule has 0 amide bonds. The van der Waals surface area contributed by atoms with Gasteiger partial charge < -0.3 is 10.1 Å². The second kappa shape index (κ2) is 5.38. The van der Waals surface area contributed by atoms with Gasteiger partial charge in [-0.2, -0.15) is 0 Å².